The van der Waals surface area contributed by atoms with E-state index in [1.165, 1.54) is 12.1 Å². The number of carbonyl (C=O) groups excluding carboxylic acids is 1. The Balaban J connectivity index is 1.50. The van der Waals surface area contributed by atoms with Gasteiger partial charge in [-0.3, -0.25) is 9.20 Å². The largest absolute Gasteiger partial charge is 0.508 e. The van der Waals surface area contributed by atoms with Crippen LogP contribution in [0.5, 0.6) is 5.75 Å². The Hall–Kier alpha value is -3.62. The maximum atomic E-state index is 12.0. The molecule has 0 unspecified atom stereocenters. The number of fused-ring (bicyclic) bond motifs is 1. The van der Waals surface area contributed by atoms with Gasteiger partial charge in [0, 0.05) is 31.4 Å². The minimum Gasteiger partial charge on any atom is -0.508 e. The number of pyridine rings is 1. The van der Waals surface area contributed by atoms with Gasteiger partial charge in [0.1, 0.15) is 12.3 Å². The van der Waals surface area contributed by atoms with Crippen molar-refractivity contribution in [1.29, 1.82) is 0 Å². The Labute approximate surface area is 162 Å². The fraction of sp³-hybridized carbons (Fsp3) is 0.263. The summed E-state index contributed by atoms with van der Waals surface area (Å²) < 4.78 is 1.89. The van der Waals surface area contributed by atoms with Crippen LogP contribution in [0.15, 0.2) is 53.7 Å². The fourth-order valence-electron chi connectivity index (χ4n) is 2.56. The quantitative estimate of drug-likeness (QED) is 0.275. The van der Waals surface area contributed by atoms with E-state index in [4.69, 9.17) is 0 Å². The molecule has 0 radical (unpaired) electrons. The Bertz CT molecular complexity index is 950. The molecule has 2 heterocycles. The van der Waals surface area contributed by atoms with Crippen molar-refractivity contribution in [2.75, 3.05) is 19.6 Å². The highest BCUT2D eigenvalue weighted by Gasteiger charge is 2.06. The van der Waals surface area contributed by atoms with Crippen molar-refractivity contribution >= 4 is 17.5 Å². The summed E-state index contributed by atoms with van der Waals surface area (Å²) in [5.74, 6) is 1.31. The molecule has 0 aliphatic heterocycles. The molecule has 0 spiro atoms. The first-order valence-corrected chi connectivity index (χ1v) is 9.05. The molecule has 3 aromatic rings. The van der Waals surface area contributed by atoms with Gasteiger partial charge in [0.25, 0.3) is 5.91 Å². The van der Waals surface area contributed by atoms with Crippen LogP contribution < -0.4 is 16.0 Å². The van der Waals surface area contributed by atoms with Gasteiger partial charge >= 0.3 is 0 Å². The molecule has 0 aliphatic carbocycles. The lowest BCUT2D eigenvalue weighted by Crippen LogP contribution is -2.41. The fourth-order valence-corrected chi connectivity index (χ4v) is 2.56. The highest BCUT2D eigenvalue weighted by Crippen LogP contribution is 2.09. The van der Waals surface area contributed by atoms with Crippen LogP contribution in [0.2, 0.25) is 0 Å². The van der Waals surface area contributed by atoms with E-state index < -0.39 is 0 Å². The molecular weight excluding hydrogens is 358 g/mol. The average molecular weight is 381 g/mol. The molecule has 9 nitrogen and oxygen atoms in total. The van der Waals surface area contributed by atoms with E-state index in [-0.39, 0.29) is 11.7 Å². The number of aliphatic imine (C=N–C) groups is 1. The van der Waals surface area contributed by atoms with Crippen LogP contribution >= 0.6 is 0 Å². The van der Waals surface area contributed by atoms with Crippen LogP contribution in [0.4, 0.5) is 0 Å². The highest BCUT2D eigenvalue weighted by molar-refractivity contribution is 5.94. The van der Waals surface area contributed by atoms with Gasteiger partial charge in [0.05, 0.1) is 0 Å². The number of guanidine groups is 1. The van der Waals surface area contributed by atoms with E-state index in [2.05, 4.69) is 31.1 Å². The van der Waals surface area contributed by atoms with E-state index in [0.717, 1.165) is 11.5 Å². The number of nitrogens with zero attached hydrogens (tertiary/aromatic N) is 4. The van der Waals surface area contributed by atoms with E-state index >= 15 is 0 Å². The molecule has 4 N–H and O–H groups in total. The normalized spacial score (nSPS) is 11.4. The van der Waals surface area contributed by atoms with Crippen molar-refractivity contribution in [3.63, 3.8) is 0 Å². The number of phenols is 1. The molecule has 0 atom stereocenters. The highest BCUT2D eigenvalue weighted by atomic mass is 16.3. The number of amides is 1. The number of benzene rings is 1. The van der Waals surface area contributed by atoms with Crippen molar-refractivity contribution in [3.05, 3.63) is 60.0 Å². The molecule has 0 saturated carbocycles. The standard InChI is InChI=1S/C19H23N7O2/c1-2-20-19(23-13-17-25-24-16-5-3-4-12-26(16)17)22-11-10-21-18(28)14-6-8-15(27)9-7-14/h3-9,12,27H,2,10-11,13H2,1H3,(H,21,28)(H2,20,22,23). The third-order valence-corrected chi connectivity index (χ3v) is 3.94. The summed E-state index contributed by atoms with van der Waals surface area (Å²) in [5, 5.41) is 26.7. The van der Waals surface area contributed by atoms with Crippen LogP contribution in [0.3, 0.4) is 0 Å². The zero-order valence-corrected chi connectivity index (χ0v) is 15.6. The molecule has 146 valence electrons. The number of rotatable bonds is 7. The Morgan fingerprint density at radius 2 is 1.86 bits per heavy atom. The summed E-state index contributed by atoms with van der Waals surface area (Å²) in [6.07, 6.45) is 1.90. The topological polar surface area (TPSA) is 116 Å². The predicted molar refractivity (Wildman–Crippen MR) is 106 cm³/mol. The SMILES string of the molecule is CCNC(=NCc1nnc2ccccn12)NCCNC(=O)c1ccc(O)cc1. The molecule has 1 amide bonds. The van der Waals surface area contributed by atoms with E-state index in [1.54, 1.807) is 12.1 Å². The first kappa shape index (κ1) is 19.2. The lowest BCUT2D eigenvalue weighted by molar-refractivity contribution is 0.0954. The molecule has 9 heteroatoms. The Morgan fingerprint density at radius 1 is 1.07 bits per heavy atom. The van der Waals surface area contributed by atoms with Gasteiger partial charge in [0.15, 0.2) is 17.4 Å². The van der Waals surface area contributed by atoms with Crippen molar-refractivity contribution in [3.8, 4) is 5.75 Å². The molecule has 2 aromatic heterocycles. The zero-order chi connectivity index (χ0) is 19.8. The molecule has 3 rings (SSSR count). The maximum Gasteiger partial charge on any atom is 0.251 e. The van der Waals surface area contributed by atoms with Crippen molar-refractivity contribution < 1.29 is 9.90 Å². The number of carbonyl (C=O) groups is 1. The average Bonchev–Trinajstić information content (AvgIpc) is 3.13. The Kier molecular flexibility index (Phi) is 6.40. The number of hydrogen-bond donors (Lipinski definition) is 4. The summed E-state index contributed by atoms with van der Waals surface area (Å²) in [5.41, 5.74) is 1.28. The van der Waals surface area contributed by atoms with Gasteiger partial charge in [-0.05, 0) is 43.3 Å². The number of hydrogen-bond acceptors (Lipinski definition) is 5. The third kappa shape index (κ3) is 4.97. The monoisotopic (exact) mass is 381 g/mol. The van der Waals surface area contributed by atoms with Crippen LogP contribution in [-0.4, -0.2) is 51.2 Å². The summed E-state index contributed by atoms with van der Waals surface area (Å²) >= 11 is 0. The van der Waals surface area contributed by atoms with Gasteiger partial charge in [-0.25, -0.2) is 4.99 Å². The summed E-state index contributed by atoms with van der Waals surface area (Å²) in [4.78, 5) is 16.6. The molecule has 28 heavy (non-hydrogen) atoms. The van der Waals surface area contributed by atoms with Crippen LogP contribution in [0.25, 0.3) is 5.65 Å². The predicted octanol–water partition coefficient (Wildman–Crippen LogP) is 0.920. The molecule has 0 aliphatic rings. The molecule has 1 aromatic carbocycles. The second-order valence-electron chi connectivity index (χ2n) is 5.97. The summed E-state index contributed by atoms with van der Waals surface area (Å²) in [7, 11) is 0. The lowest BCUT2D eigenvalue weighted by atomic mass is 10.2. The minimum atomic E-state index is -0.196. The summed E-state index contributed by atoms with van der Waals surface area (Å²) in [6.45, 7) is 4.01. The van der Waals surface area contributed by atoms with Crippen LogP contribution in [-0.2, 0) is 6.54 Å². The van der Waals surface area contributed by atoms with Crippen molar-refractivity contribution in [1.82, 2.24) is 30.5 Å². The molecule has 0 saturated heterocycles. The smallest absolute Gasteiger partial charge is 0.251 e. The molecule has 0 fully saturated rings. The van der Waals surface area contributed by atoms with E-state index in [9.17, 15) is 9.90 Å². The van der Waals surface area contributed by atoms with E-state index in [1.807, 2.05) is 35.7 Å². The number of aromatic hydroxyl groups is 1. The second kappa shape index (κ2) is 9.36. The third-order valence-electron chi connectivity index (χ3n) is 3.94. The number of aromatic nitrogens is 3. The van der Waals surface area contributed by atoms with Gasteiger partial charge in [-0.2, -0.15) is 0 Å². The second-order valence-corrected chi connectivity index (χ2v) is 5.97. The Morgan fingerprint density at radius 3 is 2.64 bits per heavy atom. The maximum absolute atomic E-state index is 12.0. The minimum absolute atomic E-state index is 0.130. The first-order valence-electron chi connectivity index (χ1n) is 9.05. The summed E-state index contributed by atoms with van der Waals surface area (Å²) in [6, 6.07) is 11.8. The zero-order valence-electron chi connectivity index (χ0n) is 15.6. The van der Waals surface area contributed by atoms with Crippen LogP contribution in [0, 0.1) is 0 Å². The molecular formula is C19H23N7O2. The van der Waals surface area contributed by atoms with Gasteiger partial charge in [0.2, 0.25) is 0 Å². The van der Waals surface area contributed by atoms with Crippen LogP contribution in [0.1, 0.15) is 23.1 Å². The van der Waals surface area contributed by atoms with Gasteiger partial charge < -0.3 is 21.1 Å². The molecule has 0 bridgehead atoms. The first-order chi connectivity index (χ1) is 13.7. The van der Waals surface area contributed by atoms with Crippen molar-refractivity contribution in [2.24, 2.45) is 4.99 Å². The van der Waals surface area contributed by atoms with E-state index in [0.29, 0.717) is 37.7 Å². The van der Waals surface area contributed by atoms with Gasteiger partial charge in [-0.1, -0.05) is 6.07 Å². The van der Waals surface area contributed by atoms with Gasteiger partial charge in [-0.15, -0.1) is 10.2 Å². The number of nitrogens with one attached hydrogen (secondary N) is 3. The van der Waals surface area contributed by atoms with Crippen molar-refractivity contribution in [2.45, 2.75) is 13.5 Å². The lowest BCUT2D eigenvalue weighted by Gasteiger charge is -2.11. The number of phenolic OH excluding ortho intramolecular Hbond substituents is 1.